The van der Waals surface area contributed by atoms with Gasteiger partial charge in [0.15, 0.2) is 5.82 Å². The first-order valence-electron chi connectivity index (χ1n) is 6.17. The van der Waals surface area contributed by atoms with Crippen LogP contribution in [0.25, 0.3) is 0 Å². The summed E-state index contributed by atoms with van der Waals surface area (Å²) >= 11 is 5.94. The number of amides is 1. The number of benzene rings is 1. The molecule has 0 saturated heterocycles. The second-order valence-electron chi connectivity index (χ2n) is 3.93. The molecule has 110 valence electrons. The molecule has 0 fully saturated rings. The fourth-order valence-electron chi connectivity index (χ4n) is 1.56. The van der Waals surface area contributed by atoms with Crippen molar-refractivity contribution in [1.29, 1.82) is 0 Å². The van der Waals surface area contributed by atoms with E-state index in [4.69, 9.17) is 22.1 Å². The molecule has 0 atom stereocenters. The first-order chi connectivity index (χ1) is 10.1. The van der Waals surface area contributed by atoms with Gasteiger partial charge in [0.25, 0.3) is 5.91 Å². The summed E-state index contributed by atoms with van der Waals surface area (Å²) in [5, 5.41) is 0.350. The Hall–Kier alpha value is -2.54. The maximum absolute atomic E-state index is 12.0. The van der Waals surface area contributed by atoms with Gasteiger partial charge in [-0.1, -0.05) is 23.7 Å². The molecule has 0 unspecified atom stereocenters. The van der Waals surface area contributed by atoms with E-state index in [1.807, 2.05) is 6.92 Å². The molecule has 7 nitrogen and oxygen atoms in total. The Morgan fingerprint density at radius 3 is 2.86 bits per heavy atom. The Bertz CT molecular complexity index is 650. The smallest absolute Gasteiger partial charge is 0.271 e. The Kier molecular flexibility index (Phi) is 4.78. The molecule has 1 aromatic carbocycles. The van der Waals surface area contributed by atoms with Crippen LogP contribution in [0.5, 0.6) is 5.88 Å². The zero-order chi connectivity index (χ0) is 15.2. The number of carbonyl (C=O) groups is 1. The summed E-state index contributed by atoms with van der Waals surface area (Å²) in [6, 6.07) is 6.69. The van der Waals surface area contributed by atoms with Crippen molar-refractivity contribution in [3.05, 3.63) is 41.2 Å². The minimum atomic E-state index is -0.406. The van der Waals surface area contributed by atoms with E-state index in [0.29, 0.717) is 17.2 Å². The molecule has 21 heavy (non-hydrogen) atoms. The molecule has 0 radical (unpaired) electrons. The van der Waals surface area contributed by atoms with Crippen LogP contribution in [-0.4, -0.2) is 22.5 Å². The van der Waals surface area contributed by atoms with Gasteiger partial charge in [-0.2, -0.15) is 4.98 Å². The van der Waals surface area contributed by atoms with Crippen LogP contribution < -0.4 is 21.3 Å². The number of hydrogen-bond acceptors (Lipinski definition) is 6. The van der Waals surface area contributed by atoms with Gasteiger partial charge in [0, 0.05) is 0 Å². The second kappa shape index (κ2) is 6.76. The van der Waals surface area contributed by atoms with Crippen LogP contribution in [0.3, 0.4) is 0 Å². The third kappa shape index (κ3) is 3.51. The van der Waals surface area contributed by atoms with Crippen molar-refractivity contribution in [2.45, 2.75) is 6.92 Å². The average Bonchev–Trinajstić information content (AvgIpc) is 2.48. The Labute approximate surface area is 126 Å². The summed E-state index contributed by atoms with van der Waals surface area (Å²) in [7, 11) is 0. The van der Waals surface area contributed by atoms with Crippen LogP contribution in [0.1, 0.15) is 17.3 Å². The predicted molar refractivity (Wildman–Crippen MR) is 80.2 cm³/mol. The molecule has 8 heteroatoms. The minimum Gasteiger partial charge on any atom is -0.476 e. The van der Waals surface area contributed by atoms with Crippen molar-refractivity contribution in [3.63, 3.8) is 0 Å². The lowest BCUT2D eigenvalue weighted by Gasteiger charge is -2.12. The quantitative estimate of drug-likeness (QED) is 0.729. The Morgan fingerprint density at radius 1 is 1.38 bits per heavy atom. The standard InChI is InChI=1S/C13H14ClN5O2/c1-2-21-13-10(15)11(16-7-17-13)18-19-12(20)8-5-3-4-6-9(8)14/h3-7H,2,15H2,1H3,(H,19,20)(H,16,17,18). The number of halogens is 1. The molecule has 1 aromatic heterocycles. The molecule has 0 saturated carbocycles. The highest BCUT2D eigenvalue weighted by Crippen LogP contribution is 2.23. The summed E-state index contributed by atoms with van der Waals surface area (Å²) in [6.07, 6.45) is 1.28. The van der Waals surface area contributed by atoms with Gasteiger partial charge >= 0.3 is 0 Å². The van der Waals surface area contributed by atoms with Crippen LogP contribution >= 0.6 is 11.6 Å². The zero-order valence-corrected chi connectivity index (χ0v) is 12.0. The van der Waals surface area contributed by atoms with E-state index in [0.717, 1.165) is 0 Å². The van der Waals surface area contributed by atoms with Gasteiger partial charge in [-0.05, 0) is 19.1 Å². The number of carbonyl (C=O) groups excluding carboxylic acids is 1. The Balaban J connectivity index is 2.08. The monoisotopic (exact) mass is 307 g/mol. The van der Waals surface area contributed by atoms with Crippen molar-refractivity contribution in [2.75, 3.05) is 17.8 Å². The van der Waals surface area contributed by atoms with E-state index in [1.165, 1.54) is 6.33 Å². The van der Waals surface area contributed by atoms with E-state index >= 15 is 0 Å². The van der Waals surface area contributed by atoms with Gasteiger partial charge in [0.1, 0.15) is 12.0 Å². The number of nitrogens with two attached hydrogens (primary N) is 1. The predicted octanol–water partition coefficient (Wildman–Crippen LogP) is 1.87. The van der Waals surface area contributed by atoms with E-state index in [2.05, 4.69) is 20.8 Å². The topological polar surface area (TPSA) is 102 Å². The van der Waals surface area contributed by atoms with E-state index in [-0.39, 0.29) is 17.4 Å². The first-order valence-corrected chi connectivity index (χ1v) is 6.55. The highest BCUT2D eigenvalue weighted by atomic mass is 35.5. The fourth-order valence-corrected chi connectivity index (χ4v) is 1.78. The lowest BCUT2D eigenvalue weighted by Crippen LogP contribution is -2.30. The van der Waals surface area contributed by atoms with E-state index < -0.39 is 5.91 Å². The van der Waals surface area contributed by atoms with Gasteiger partial charge in [-0.25, -0.2) is 4.98 Å². The van der Waals surface area contributed by atoms with Crippen molar-refractivity contribution in [1.82, 2.24) is 15.4 Å². The van der Waals surface area contributed by atoms with Crippen molar-refractivity contribution < 1.29 is 9.53 Å². The lowest BCUT2D eigenvalue weighted by atomic mass is 10.2. The normalized spacial score (nSPS) is 10.0. The number of anilines is 2. The third-order valence-corrected chi connectivity index (χ3v) is 2.87. The second-order valence-corrected chi connectivity index (χ2v) is 4.34. The summed E-state index contributed by atoms with van der Waals surface area (Å²) in [5.74, 6) is 0.0902. The van der Waals surface area contributed by atoms with Gasteiger partial charge in [0.05, 0.1) is 17.2 Å². The van der Waals surface area contributed by atoms with Crippen LogP contribution in [0, 0.1) is 0 Å². The maximum Gasteiger partial charge on any atom is 0.271 e. The van der Waals surface area contributed by atoms with Crippen molar-refractivity contribution >= 4 is 29.0 Å². The summed E-state index contributed by atoms with van der Waals surface area (Å²) in [5.41, 5.74) is 11.5. The zero-order valence-electron chi connectivity index (χ0n) is 11.3. The molecule has 0 spiro atoms. The number of aromatic nitrogens is 2. The van der Waals surface area contributed by atoms with Gasteiger partial charge in [-0.15, -0.1) is 0 Å². The van der Waals surface area contributed by atoms with E-state index in [1.54, 1.807) is 24.3 Å². The van der Waals surface area contributed by atoms with Crippen LogP contribution in [-0.2, 0) is 0 Å². The molecule has 1 heterocycles. The average molecular weight is 308 g/mol. The molecule has 1 amide bonds. The fraction of sp³-hybridized carbons (Fsp3) is 0.154. The van der Waals surface area contributed by atoms with Crippen molar-refractivity contribution in [2.24, 2.45) is 0 Å². The highest BCUT2D eigenvalue weighted by molar-refractivity contribution is 6.33. The minimum absolute atomic E-state index is 0.207. The molecule has 2 aromatic rings. The summed E-state index contributed by atoms with van der Waals surface area (Å²) in [4.78, 5) is 19.8. The van der Waals surface area contributed by atoms with Crippen LogP contribution in [0.2, 0.25) is 5.02 Å². The van der Waals surface area contributed by atoms with Crippen molar-refractivity contribution in [3.8, 4) is 5.88 Å². The maximum atomic E-state index is 12.0. The first kappa shape index (κ1) is 14.9. The molecule has 0 aliphatic heterocycles. The third-order valence-electron chi connectivity index (χ3n) is 2.54. The molecular weight excluding hydrogens is 294 g/mol. The lowest BCUT2D eigenvalue weighted by molar-refractivity contribution is 0.0962. The molecule has 4 N–H and O–H groups in total. The number of ether oxygens (including phenoxy) is 1. The summed E-state index contributed by atoms with van der Waals surface area (Å²) in [6.45, 7) is 2.24. The van der Waals surface area contributed by atoms with Crippen LogP contribution in [0.4, 0.5) is 11.5 Å². The van der Waals surface area contributed by atoms with Gasteiger partial charge in [-0.3, -0.25) is 15.6 Å². The molecule has 0 bridgehead atoms. The largest absolute Gasteiger partial charge is 0.476 e. The number of nitrogens with one attached hydrogen (secondary N) is 2. The number of nitrogen functional groups attached to an aromatic ring is 1. The number of hydrogen-bond donors (Lipinski definition) is 3. The van der Waals surface area contributed by atoms with Crippen LogP contribution in [0.15, 0.2) is 30.6 Å². The van der Waals surface area contributed by atoms with E-state index in [9.17, 15) is 4.79 Å². The number of nitrogens with zero attached hydrogens (tertiary/aromatic N) is 2. The SMILES string of the molecule is CCOc1ncnc(NNC(=O)c2ccccc2Cl)c1N. The van der Waals surface area contributed by atoms with Gasteiger partial charge < -0.3 is 10.5 Å². The highest BCUT2D eigenvalue weighted by Gasteiger charge is 2.12. The summed E-state index contributed by atoms with van der Waals surface area (Å²) < 4.78 is 5.24. The number of rotatable bonds is 5. The van der Waals surface area contributed by atoms with Gasteiger partial charge in [0.2, 0.25) is 5.88 Å². The Morgan fingerprint density at radius 2 is 2.14 bits per heavy atom. The molecular formula is C13H14ClN5O2. The molecule has 2 rings (SSSR count). The molecule has 0 aliphatic carbocycles. The number of hydrazine groups is 1. The molecule has 0 aliphatic rings.